The molecule has 2 heterocycles. The van der Waals surface area contributed by atoms with Crippen LogP contribution in [0.5, 0.6) is 0 Å². The highest BCUT2D eigenvalue weighted by Gasteiger charge is 2.33. The van der Waals surface area contributed by atoms with Crippen molar-refractivity contribution >= 4 is 17.3 Å². The summed E-state index contributed by atoms with van der Waals surface area (Å²) < 4.78 is 5.06. The molecule has 0 spiro atoms. The number of thiocarbonyl (C=S) groups is 1. The van der Waals surface area contributed by atoms with E-state index >= 15 is 0 Å². The summed E-state index contributed by atoms with van der Waals surface area (Å²) in [6.07, 6.45) is 5.07. The van der Waals surface area contributed by atoms with Crippen molar-refractivity contribution < 1.29 is 4.74 Å². The van der Waals surface area contributed by atoms with Gasteiger partial charge < -0.3 is 15.0 Å². The quantitative estimate of drug-likeness (QED) is 0.623. The first-order valence-corrected chi connectivity index (χ1v) is 7.90. The zero-order valence-corrected chi connectivity index (χ0v) is 13.0. The monoisotopic (exact) mass is 285 g/mol. The molecule has 2 saturated heterocycles. The van der Waals surface area contributed by atoms with Crippen molar-refractivity contribution in [2.45, 2.75) is 44.7 Å². The average Bonchev–Trinajstić information content (AvgIpc) is 2.42. The first-order valence-electron chi connectivity index (χ1n) is 7.50. The van der Waals surface area contributed by atoms with Crippen LogP contribution in [0.15, 0.2) is 0 Å². The van der Waals surface area contributed by atoms with Crippen molar-refractivity contribution in [1.29, 1.82) is 0 Å². The van der Waals surface area contributed by atoms with Gasteiger partial charge in [0.2, 0.25) is 0 Å². The lowest BCUT2D eigenvalue weighted by Crippen LogP contribution is -2.61. The number of hydrogen-bond acceptors (Lipinski definition) is 3. The van der Waals surface area contributed by atoms with Crippen LogP contribution in [0.4, 0.5) is 0 Å². The second-order valence-corrected chi connectivity index (χ2v) is 6.11. The van der Waals surface area contributed by atoms with Gasteiger partial charge in [-0.15, -0.1) is 0 Å². The van der Waals surface area contributed by atoms with E-state index in [4.69, 9.17) is 17.0 Å². The summed E-state index contributed by atoms with van der Waals surface area (Å²) in [6, 6.07) is 1.24. The number of methoxy groups -OCH3 is 1. The van der Waals surface area contributed by atoms with Crippen LogP contribution in [0.25, 0.3) is 0 Å². The molecule has 0 saturated carbocycles. The van der Waals surface area contributed by atoms with E-state index in [2.05, 4.69) is 22.0 Å². The Morgan fingerprint density at radius 3 is 3.00 bits per heavy atom. The standard InChI is InChI=1S/C14H27N3OS/c1-12-10-16-8-4-3-6-13(16)11-17(12)14(19)15-7-5-9-18-2/h12-13H,3-11H2,1-2H3,(H,15,19). The Morgan fingerprint density at radius 1 is 1.37 bits per heavy atom. The van der Waals surface area contributed by atoms with Gasteiger partial charge in [0.05, 0.1) is 0 Å². The summed E-state index contributed by atoms with van der Waals surface area (Å²) in [7, 11) is 1.74. The number of nitrogens with one attached hydrogen (secondary N) is 1. The fourth-order valence-corrected chi connectivity index (χ4v) is 3.51. The highest BCUT2D eigenvalue weighted by Crippen LogP contribution is 2.23. The SMILES string of the molecule is COCCCNC(=S)N1CC2CCCCN2CC1C. The van der Waals surface area contributed by atoms with Crippen molar-refractivity contribution in [2.75, 3.05) is 39.9 Å². The Hall–Kier alpha value is -0.390. The van der Waals surface area contributed by atoms with Crippen LogP contribution in [0.1, 0.15) is 32.6 Å². The van der Waals surface area contributed by atoms with Crippen LogP contribution < -0.4 is 5.32 Å². The van der Waals surface area contributed by atoms with Crippen molar-refractivity contribution in [2.24, 2.45) is 0 Å². The van der Waals surface area contributed by atoms with Crippen LogP contribution in [0.2, 0.25) is 0 Å². The number of fused-ring (bicyclic) bond motifs is 1. The number of ether oxygens (including phenoxy) is 1. The smallest absolute Gasteiger partial charge is 0.169 e. The number of nitrogens with zero attached hydrogens (tertiary/aromatic N) is 2. The molecule has 2 aliphatic rings. The third-order valence-electron chi connectivity index (χ3n) is 4.25. The molecule has 5 heteroatoms. The first-order chi connectivity index (χ1) is 9.22. The van der Waals surface area contributed by atoms with E-state index in [9.17, 15) is 0 Å². The molecule has 2 unspecified atom stereocenters. The Bertz CT molecular complexity index is 300. The molecule has 110 valence electrons. The second kappa shape index (κ2) is 7.41. The topological polar surface area (TPSA) is 27.7 Å². The largest absolute Gasteiger partial charge is 0.385 e. The fraction of sp³-hybridized carbons (Fsp3) is 0.929. The van der Waals surface area contributed by atoms with Crippen molar-refractivity contribution in [1.82, 2.24) is 15.1 Å². The van der Waals surface area contributed by atoms with Gasteiger partial charge >= 0.3 is 0 Å². The third-order valence-corrected chi connectivity index (χ3v) is 4.63. The van der Waals surface area contributed by atoms with Crippen LogP contribution in [0.3, 0.4) is 0 Å². The molecular formula is C14H27N3OS. The molecule has 0 aliphatic carbocycles. The van der Waals surface area contributed by atoms with Gasteiger partial charge in [-0.25, -0.2) is 0 Å². The predicted octanol–water partition coefficient (Wildman–Crippen LogP) is 1.46. The summed E-state index contributed by atoms with van der Waals surface area (Å²) >= 11 is 5.55. The molecule has 19 heavy (non-hydrogen) atoms. The zero-order valence-electron chi connectivity index (χ0n) is 12.2. The lowest BCUT2D eigenvalue weighted by molar-refractivity contribution is 0.0499. The Morgan fingerprint density at radius 2 is 2.21 bits per heavy atom. The maximum absolute atomic E-state index is 5.55. The van der Waals surface area contributed by atoms with Crippen molar-refractivity contribution in [3.63, 3.8) is 0 Å². The molecule has 2 atom stereocenters. The summed E-state index contributed by atoms with van der Waals surface area (Å²) in [4.78, 5) is 5.03. The number of piperazine rings is 1. The Balaban J connectivity index is 1.80. The molecule has 0 amide bonds. The van der Waals surface area contributed by atoms with E-state index in [1.165, 1.54) is 25.8 Å². The molecule has 2 fully saturated rings. The van der Waals surface area contributed by atoms with Gasteiger partial charge in [0.25, 0.3) is 0 Å². The van der Waals surface area contributed by atoms with E-state index in [1.807, 2.05) is 0 Å². The highest BCUT2D eigenvalue weighted by atomic mass is 32.1. The van der Waals surface area contributed by atoms with Gasteiger partial charge in [-0.1, -0.05) is 6.42 Å². The predicted molar refractivity (Wildman–Crippen MR) is 82.5 cm³/mol. The number of piperidine rings is 1. The molecular weight excluding hydrogens is 258 g/mol. The van der Waals surface area contributed by atoms with Crippen LogP contribution in [-0.4, -0.2) is 66.9 Å². The van der Waals surface area contributed by atoms with Crippen molar-refractivity contribution in [3.05, 3.63) is 0 Å². The second-order valence-electron chi connectivity index (χ2n) is 5.72. The number of rotatable bonds is 4. The van der Waals surface area contributed by atoms with Gasteiger partial charge in [-0.05, 0) is 44.9 Å². The Labute approximate surface area is 122 Å². The normalized spacial score (nSPS) is 28.0. The molecule has 1 N–H and O–H groups in total. The summed E-state index contributed by atoms with van der Waals surface area (Å²) in [6.45, 7) is 7.51. The number of hydrogen-bond donors (Lipinski definition) is 1. The minimum absolute atomic E-state index is 0.525. The van der Waals surface area contributed by atoms with E-state index in [1.54, 1.807) is 7.11 Å². The molecule has 0 radical (unpaired) electrons. The van der Waals surface area contributed by atoms with Crippen LogP contribution in [-0.2, 0) is 4.74 Å². The zero-order chi connectivity index (χ0) is 13.7. The molecule has 0 bridgehead atoms. The molecule has 4 nitrogen and oxygen atoms in total. The van der Waals surface area contributed by atoms with Gasteiger partial charge in [0.1, 0.15) is 0 Å². The minimum atomic E-state index is 0.525. The summed E-state index contributed by atoms with van der Waals surface area (Å²) in [5.74, 6) is 0. The van der Waals surface area contributed by atoms with E-state index < -0.39 is 0 Å². The minimum Gasteiger partial charge on any atom is -0.385 e. The molecule has 0 aromatic heterocycles. The van der Waals surface area contributed by atoms with Crippen LogP contribution in [0, 0.1) is 0 Å². The first kappa shape index (κ1) is 15.0. The summed E-state index contributed by atoms with van der Waals surface area (Å²) in [5, 5.41) is 4.30. The van der Waals surface area contributed by atoms with E-state index in [-0.39, 0.29) is 0 Å². The lowest BCUT2D eigenvalue weighted by Gasteiger charge is -2.48. The summed E-state index contributed by atoms with van der Waals surface area (Å²) in [5.41, 5.74) is 0. The maximum atomic E-state index is 5.55. The van der Waals surface area contributed by atoms with Crippen molar-refractivity contribution in [3.8, 4) is 0 Å². The molecule has 2 rings (SSSR count). The van der Waals surface area contributed by atoms with E-state index in [0.717, 1.165) is 37.8 Å². The van der Waals surface area contributed by atoms with Gasteiger partial charge in [-0.2, -0.15) is 0 Å². The van der Waals surface area contributed by atoms with Gasteiger partial charge in [0.15, 0.2) is 5.11 Å². The average molecular weight is 285 g/mol. The van der Waals surface area contributed by atoms with Crippen LogP contribution >= 0.6 is 12.2 Å². The van der Waals surface area contributed by atoms with Gasteiger partial charge in [-0.3, -0.25) is 4.90 Å². The Kier molecular flexibility index (Phi) is 5.85. The fourth-order valence-electron chi connectivity index (χ4n) is 3.15. The molecule has 0 aromatic carbocycles. The van der Waals surface area contributed by atoms with Gasteiger partial charge in [0, 0.05) is 45.4 Å². The molecule has 2 aliphatic heterocycles. The lowest BCUT2D eigenvalue weighted by atomic mass is 9.97. The highest BCUT2D eigenvalue weighted by molar-refractivity contribution is 7.80. The molecule has 0 aromatic rings. The maximum Gasteiger partial charge on any atom is 0.169 e. The third kappa shape index (κ3) is 4.04. The van der Waals surface area contributed by atoms with E-state index in [0.29, 0.717) is 12.1 Å².